The number of rotatable bonds is 4. The summed E-state index contributed by atoms with van der Waals surface area (Å²) in [5.41, 5.74) is 4.68. The third-order valence-corrected chi connectivity index (χ3v) is 10.6. The average molecular weight is 437 g/mol. The Morgan fingerprint density at radius 2 is 1.77 bits per heavy atom. The van der Waals surface area contributed by atoms with Crippen LogP contribution in [-0.2, 0) is 4.79 Å². The summed E-state index contributed by atoms with van der Waals surface area (Å²) in [6.07, 6.45) is 11.2. The lowest BCUT2D eigenvalue weighted by Gasteiger charge is -2.58. The van der Waals surface area contributed by atoms with Crippen molar-refractivity contribution in [3.05, 3.63) is 53.1 Å². The Morgan fingerprint density at radius 3 is 2.55 bits per heavy atom. The van der Waals surface area contributed by atoms with E-state index in [0.29, 0.717) is 11.7 Å². The minimum atomic E-state index is 0.181. The van der Waals surface area contributed by atoms with Crippen molar-refractivity contribution >= 4 is 17.5 Å². The Morgan fingerprint density at radius 1 is 1.00 bits per heavy atom. The fourth-order valence-electron chi connectivity index (χ4n) is 7.96. The number of allylic oxidation sites excluding steroid dienone is 2. The maximum Gasteiger partial charge on any atom is 0.159 e. The maximum absolute atomic E-state index is 13.0. The van der Waals surface area contributed by atoms with Gasteiger partial charge in [0.05, 0.1) is 6.61 Å². The van der Waals surface area contributed by atoms with Crippen LogP contribution in [0.2, 0.25) is 0 Å². The van der Waals surface area contributed by atoms with Gasteiger partial charge in [-0.3, -0.25) is 4.79 Å². The monoisotopic (exact) mass is 436 g/mol. The van der Waals surface area contributed by atoms with Gasteiger partial charge >= 0.3 is 0 Å². The van der Waals surface area contributed by atoms with Crippen LogP contribution < -0.4 is 0 Å². The first-order chi connectivity index (χ1) is 15.0. The second-order valence-electron chi connectivity index (χ2n) is 10.7. The minimum Gasteiger partial charge on any atom is -0.392 e. The second kappa shape index (κ2) is 8.23. The van der Waals surface area contributed by atoms with Crippen LogP contribution in [0.15, 0.2) is 58.0 Å². The number of thioether (sulfide) groups is 1. The number of ketones is 1. The van der Waals surface area contributed by atoms with Gasteiger partial charge in [0.25, 0.3) is 0 Å². The zero-order valence-corrected chi connectivity index (χ0v) is 19.8. The first-order valence-electron chi connectivity index (χ1n) is 12.2. The molecule has 31 heavy (non-hydrogen) atoms. The molecule has 2 nitrogen and oxygen atoms in total. The highest BCUT2D eigenvalue weighted by Gasteiger charge is 2.58. The molecule has 0 radical (unpaired) electrons. The molecule has 0 heterocycles. The number of hydrogen-bond acceptors (Lipinski definition) is 3. The quantitative estimate of drug-likeness (QED) is 0.427. The van der Waals surface area contributed by atoms with Gasteiger partial charge in [-0.25, -0.2) is 0 Å². The summed E-state index contributed by atoms with van der Waals surface area (Å²) in [6.45, 7) is 5.16. The topological polar surface area (TPSA) is 37.3 Å². The molecule has 0 aliphatic heterocycles. The molecule has 0 aromatic heterocycles. The third-order valence-electron chi connectivity index (χ3n) is 9.56. The molecular weight excluding hydrogens is 400 g/mol. The number of aliphatic hydroxyl groups is 1. The second-order valence-corrected chi connectivity index (χ2v) is 11.8. The summed E-state index contributed by atoms with van der Waals surface area (Å²) in [5, 5.41) is 9.53. The number of carbonyl (C=O) groups is 1. The van der Waals surface area contributed by atoms with E-state index in [9.17, 15) is 9.90 Å². The number of aliphatic hydroxyl groups excluding tert-OH is 1. The van der Waals surface area contributed by atoms with E-state index in [1.165, 1.54) is 48.1 Å². The molecule has 0 unspecified atom stereocenters. The molecule has 3 fully saturated rings. The lowest BCUT2D eigenvalue weighted by atomic mass is 9.46. The predicted octanol–water partition coefficient (Wildman–Crippen LogP) is 6.60. The molecule has 5 atom stereocenters. The molecule has 4 aliphatic carbocycles. The van der Waals surface area contributed by atoms with Gasteiger partial charge in [-0.05, 0) is 85.7 Å². The van der Waals surface area contributed by atoms with Gasteiger partial charge < -0.3 is 5.11 Å². The molecule has 4 aliphatic rings. The van der Waals surface area contributed by atoms with E-state index >= 15 is 0 Å². The number of benzene rings is 1. The van der Waals surface area contributed by atoms with Crippen molar-refractivity contribution in [3.8, 4) is 0 Å². The standard InChI is InChI=1S/C28H36O2S/c1-27-15-12-25-21(23(27)10-8-19(27)14-17-29)9-11-24-22(26(30)13-16-28(24,25)2)18-31-20-6-4-3-5-7-20/h3-7,14,21,23,25,29H,8-13,15-18H2,1-2H3/t21-,23-,25-,27+,28-/m0/s1. The van der Waals surface area contributed by atoms with Crippen molar-refractivity contribution in [1.82, 2.24) is 0 Å². The van der Waals surface area contributed by atoms with Crippen molar-refractivity contribution < 1.29 is 9.90 Å². The van der Waals surface area contributed by atoms with Crippen LogP contribution in [0.4, 0.5) is 0 Å². The lowest BCUT2D eigenvalue weighted by Crippen LogP contribution is -2.50. The highest BCUT2D eigenvalue weighted by molar-refractivity contribution is 7.99. The Labute approximate surface area is 191 Å². The molecule has 0 bridgehead atoms. The zero-order valence-electron chi connectivity index (χ0n) is 19.0. The SMILES string of the molecule is C[C@]12CCC(=O)C(CSc3ccccc3)=C1CC[C@@H]1[C@@H]2CC[C@]2(C)C(=CCO)CC[C@@H]12. The minimum absolute atomic E-state index is 0.181. The molecule has 5 rings (SSSR count). The van der Waals surface area contributed by atoms with Crippen LogP contribution in [0.25, 0.3) is 0 Å². The number of fused-ring (bicyclic) bond motifs is 5. The van der Waals surface area contributed by atoms with Crippen molar-refractivity contribution in [3.63, 3.8) is 0 Å². The van der Waals surface area contributed by atoms with E-state index < -0.39 is 0 Å². The first-order valence-corrected chi connectivity index (χ1v) is 13.2. The third kappa shape index (κ3) is 3.47. The van der Waals surface area contributed by atoms with Gasteiger partial charge in [-0.2, -0.15) is 0 Å². The van der Waals surface area contributed by atoms with E-state index in [0.717, 1.165) is 42.4 Å². The Kier molecular flexibility index (Phi) is 5.71. The van der Waals surface area contributed by atoms with Crippen LogP contribution in [0, 0.1) is 28.6 Å². The summed E-state index contributed by atoms with van der Waals surface area (Å²) in [5.74, 6) is 3.47. The summed E-state index contributed by atoms with van der Waals surface area (Å²) in [7, 11) is 0. The first kappa shape index (κ1) is 21.5. The molecule has 0 amide bonds. The maximum atomic E-state index is 13.0. The molecule has 3 heteroatoms. The Balaban J connectivity index is 1.43. The number of hydrogen-bond donors (Lipinski definition) is 1. The molecule has 0 saturated heterocycles. The van der Waals surface area contributed by atoms with Crippen LogP contribution in [0.3, 0.4) is 0 Å². The molecular formula is C28H36O2S. The van der Waals surface area contributed by atoms with Gasteiger partial charge in [0.1, 0.15) is 0 Å². The van der Waals surface area contributed by atoms with Crippen LogP contribution in [-0.4, -0.2) is 23.2 Å². The molecule has 1 aromatic rings. The van der Waals surface area contributed by atoms with Gasteiger partial charge in [-0.15, -0.1) is 11.8 Å². The van der Waals surface area contributed by atoms with E-state index in [-0.39, 0.29) is 17.4 Å². The number of Topliss-reactive ketones (excluding diaryl/α,β-unsaturated/α-hetero) is 1. The average Bonchev–Trinajstić information content (AvgIpc) is 3.11. The largest absolute Gasteiger partial charge is 0.392 e. The number of carbonyl (C=O) groups excluding carboxylic acids is 1. The van der Waals surface area contributed by atoms with Crippen LogP contribution >= 0.6 is 11.8 Å². The molecule has 3 saturated carbocycles. The van der Waals surface area contributed by atoms with Gasteiger partial charge in [0.2, 0.25) is 0 Å². The normalized spacial score (nSPS) is 38.7. The zero-order chi connectivity index (χ0) is 21.6. The van der Waals surface area contributed by atoms with E-state index in [2.05, 4.69) is 50.3 Å². The van der Waals surface area contributed by atoms with E-state index in [1.54, 1.807) is 0 Å². The van der Waals surface area contributed by atoms with Crippen molar-refractivity contribution in [2.75, 3.05) is 12.4 Å². The Bertz CT molecular complexity index is 916. The van der Waals surface area contributed by atoms with E-state index in [4.69, 9.17) is 0 Å². The van der Waals surface area contributed by atoms with Gasteiger partial charge in [-0.1, -0.05) is 49.3 Å². The predicted molar refractivity (Wildman–Crippen MR) is 128 cm³/mol. The summed E-state index contributed by atoms with van der Waals surface area (Å²) in [4.78, 5) is 14.3. The van der Waals surface area contributed by atoms with Crippen molar-refractivity contribution in [1.29, 1.82) is 0 Å². The van der Waals surface area contributed by atoms with Crippen LogP contribution in [0.5, 0.6) is 0 Å². The fraction of sp³-hybridized carbons (Fsp3) is 0.607. The summed E-state index contributed by atoms with van der Waals surface area (Å²) in [6, 6.07) is 10.5. The molecule has 0 spiro atoms. The highest BCUT2D eigenvalue weighted by Crippen LogP contribution is 2.67. The lowest BCUT2D eigenvalue weighted by molar-refractivity contribution is -0.118. The van der Waals surface area contributed by atoms with Gasteiger partial charge in [0.15, 0.2) is 5.78 Å². The van der Waals surface area contributed by atoms with E-state index in [1.807, 2.05) is 11.8 Å². The fourth-order valence-corrected chi connectivity index (χ4v) is 8.95. The Hall–Kier alpha value is -1.32. The summed E-state index contributed by atoms with van der Waals surface area (Å²) < 4.78 is 0. The summed E-state index contributed by atoms with van der Waals surface area (Å²) >= 11 is 1.83. The smallest absolute Gasteiger partial charge is 0.159 e. The molecule has 1 N–H and O–H groups in total. The molecule has 166 valence electrons. The molecule has 1 aromatic carbocycles. The van der Waals surface area contributed by atoms with Crippen LogP contribution in [0.1, 0.15) is 65.2 Å². The van der Waals surface area contributed by atoms with Crippen molar-refractivity contribution in [2.24, 2.45) is 28.6 Å². The van der Waals surface area contributed by atoms with Gasteiger partial charge in [0, 0.05) is 22.6 Å². The highest BCUT2D eigenvalue weighted by atomic mass is 32.2. The van der Waals surface area contributed by atoms with Crippen molar-refractivity contribution in [2.45, 2.75) is 70.1 Å².